The zero-order valence-electron chi connectivity index (χ0n) is 33.2. The van der Waals surface area contributed by atoms with Crippen LogP contribution in [0.2, 0.25) is 0 Å². The largest absolute Gasteiger partial charge is 0.455 e. The topological polar surface area (TPSA) is 12.5 Å². The van der Waals surface area contributed by atoms with Gasteiger partial charge in [0.05, 0.1) is 16.8 Å². The lowest BCUT2D eigenvalue weighted by molar-refractivity contribution is 0.447. The van der Waals surface area contributed by atoms with Crippen molar-refractivity contribution in [1.82, 2.24) is 0 Å². The smallest absolute Gasteiger partial charge is 0.140 e. The first-order valence-electron chi connectivity index (χ1n) is 21.1. The van der Waals surface area contributed by atoms with Gasteiger partial charge in [0, 0.05) is 38.4 Å². The minimum Gasteiger partial charge on any atom is -0.455 e. The van der Waals surface area contributed by atoms with Gasteiger partial charge >= 0.3 is 0 Å². The highest BCUT2D eigenvalue weighted by atomic mass is 16.5. The minimum atomic E-state index is -0.599. The number of hydrogen-bond acceptors (Lipinski definition) is 2. The molecule has 0 amide bonds. The molecule has 0 atom stereocenters. The standard InChI is InChI=1S/C59H37NO/c1-5-20-44-38(14-1)18-11-28-54(44)60(55-29-12-19-39-15-2-6-21-45(39)55)43-34-30-42(31-35-43)46-25-13-27-51-56(46)49-24-9-10-26-50(49)59(51)52-36-32-40-16-3-7-22-47(40)57(52)61-58-48-23-8-4-17-41(48)33-37-53(58)59/h1-37H. The highest BCUT2D eigenvalue weighted by molar-refractivity contribution is 6.06. The molecule has 61 heavy (non-hydrogen) atoms. The molecule has 0 fully saturated rings. The Morgan fingerprint density at radius 1 is 0.311 bits per heavy atom. The second-order valence-corrected chi connectivity index (χ2v) is 16.3. The van der Waals surface area contributed by atoms with E-state index in [1.165, 1.54) is 76.8 Å². The van der Waals surface area contributed by atoms with Gasteiger partial charge in [-0.25, -0.2) is 0 Å². The van der Waals surface area contributed by atoms with E-state index in [4.69, 9.17) is 4.74 Å². The highest BCUT2D eigenvalue weighted by Gasteiger charge is 2.52. The Morgan fingerprint density at radius 3 is 1.34 bits per heavy atom. The summed E-state index contributed by atoms with van der Waals surface area (Å²) in [5.74, 6) is 1.86. The summed E-state index contributed by atoms with van der Waals surface area (Å²) in [6.07, 6.45) is 0. The Kier molecular flexibility index (Phi) is 7.26. The fourth-order valence-electron chi connectivity index (χ4n) is 10.7. The van der Waals surface area contributed by atoms with Gasteiger partial charge in [0.25, 0.3) is 0 Å². The van der Waals surface area contributed by atoms with E-state index < -0.39 is 5.41 Å². The molecule has 0 radical (unpaired) electrons. The lowest BCUT2D eigenvalue weighted by Crippen LogP contribution is -2.32. The number of anilines is 3. The third kappa shape index (κ3) is 4.79. The molecule has 11 aromatic carbocycles. The quantitative estimate of drug-likeness (QED) is 0.177. The predicted molar refractivity (Wildman–Crippen MR) is 254 cm³/mol. The molecule has 0 aromatic heterocycles. The second kappa shape index (κ2) is 13.0. The van der Waals surface area contributed by atoms with Gasteiger partial charge in [-0.1, -0.05) is 200 Å². The molecule has 0 saturated heterocycles. The van der Waals surface area contributed by atoms with Crippen LogP contribution in [0.4, 0.5) is 17.1 Å². The monoisotopic (exact) mass is 775 g/mol. The molecule has 11 aromatic rings. The molecule has 0 N–H and O–H groups in total. The van der Waals surface area contributed by atoms with E-state index >= 15 is 0 Å². The average molecular weight is 776 g/mol. The summed E-state index contributed by atoms with van der Waals surface area (Å²) in [6, 6.07) is 82.2. The molecule has 0 saturated carbocycles. The fraction of sp³-hybridized carbons (Fsp3) is 0.0169. The zero-order chi connectivity index (χ0) is 40.1. The van der Waals surface area contributed by atoms with Gasteiger partial charge in [-0.15, -0.1) is 0 Å². The molecule has 284 valence electrons. The van der Waals surface area contributed by atoms with Gasteiger partial charge in [0.2, 0.25) is 0 Å². The van der Waals surface area contributed by atoms with E-state index in [2.05, 4.69) is 229 Å². The summed E-state index contributed by atoms with van der Waals surface area (Å²) >= 11 is 0. The van der Waals surface area contributed by atoms with Crippen molar-refractivity contribution in [2.45, 2.75) is 5.41 Å². The number of benzene rings is 11. The summed E-state index contributed by atoms with van der Waals surface area (Å²) in [6.45, 7) is 0. The van der Waals surface area contributed by atoms with E-state index in [9.17, 15) is 0 Å². The fourth-order valence-corrected chi connectivity index (χ4v) is 10.7. The van der Waals surface area contributed by atoms with E-state index in [0.29, 0.717) is 0 Å². The maximum absolute atomic E-state index is 7.19. The van der Waals surface area contributed by atoms with Gasteiger partial charge in [0.1, 0.15) is 11.5 Å². The van der Waals surface area contributed by atoms with Crippen LogP contribution >= 0.6 is 0 Å². The van der Waals surface area contributed by atoms with Crippen LogP contribution in [-0.4, -0.2) is 0 Å². The molecule has 1 aliphatic heterocycles. The van der Waals surface area contributed by atoms with Crippen molar-refractivity contribution in [3.8, 4) is 33.8 Å². The predicted octanol–water partition coefficient (Wildman–Crippen LogP) is 15.9. The Hall–Kier alpha value is -7.94. The first-order chi connectivity index (χ1) is 30.3. The summed E-state index contributed by atoms with van der Waals surface area (Å²) in [5, 5.41) is 9.43. The average Bonchev–Trinajstić information content (AvgIpc) is 3.62. The van der Waals surface area contributed by atoms with Crippen LogP contribution in [0, 0.1) is 0 Å². The molecule has 1 heterocycles. The molecule has 2 aliphatic rings. The molecule has 13 rings (SSSR count). The van der Waals surface area contributed by atoms with Crippen LogP contribution in [-0.2, 0) is 5.41 Å². The number of fused-ring (bicyclic) bond motifs is 15. The Balaban J connectivity index is 1.04. The summed E-state index contributed by atoms with van der Waals surface area (Å²) in [5.41, 5.74) is 12.6. The molecule has 1 aliphatic carbocycles. The lowest BCUT2D eigenvalue weighted by atomic mass is 9.65. The third-order valence-electron chi connectivity index (χ3n) is 13.3. The molecule has 0 bridgehead atoms. The van der Waals surface area contributed by atoms with Crippen molar-refractivity contribution in [3.63, 3.8) is 0 Å². The van der Waals surface area contributed by atoms with Crippen molar-refractivity contribution in [3.05, 3.63) is 247 Å². The van der Waals surface area contributed by atoms with Gasteiger partial charge < -0.3 is 9.64 Å². The summed E-state index contributed by atoms with van der Waals surface area (Å²) in [7, 11) is 0. The van der Waals surface area contributed by atoms with Crippen LogP contribution in [0.1, 0.15) is 22.3 Å². The molecule has 2 heteroatoms. The first kappa shape index (κ1) is 34.0. The molecular formula is C59H37NO. The minimum absolute atomic E-state index is 0.599. The van der Waals surface area contributed by atoms with Crippen molar-refractivity contribution in [1.29, 1.82) is 0 Å². The van der Waals surface area contributed by atoms with Crippen LogP contribution in [0.3, 0.4) is 0 Å². The van der Waals surface area contributed by atoms with Crippen molar-refractivity contribution < 1.29 is 4.74 Å². The van der Waals surface area contributed by atoms with Crippen LogP contribution in [0.25, 0.3) is 65.3 Å². The number of nitrogens with zero attached hydrogens (tertiary/aromatic N) is 1. The van der Waals surface area contributed by atoms with E-state index in [1.807, 2.05) is 0 Å². The van der Waals surface area contributed by atoms with Crippen molar-refractivity contribution in [2.24, 2.45) is 0 Å². The normalized spacial score (nSPS) is 13.2. The van der Waals surface area contributed by atoms with Gasteiger partial charge in [0.15, 0.2) is 0 Å². The van der Waals surface area contributed by atoms with E-state index in [-0.39, 0.29) is 0 Å². The molecule has 2 nitrogen and oxygen atoms in total. The summed E-state index contributed by atoms with van der Waals surface area (Å²) < 4.78 is 7.19. The summed E-state index contributed by atoms with van der Waals surface area (Å²) in [4.78, 5) is 2.43. The molecule has 1 spiro atoms. The van der Waals surface area contributed by atoms with E-state index in [0.717, 1.165) is 39.3 Å². The molecular weight excluding hydrogens is 739 g/mol. The Morgan fingerprint density at radius 2 is 0.754 bits per heavy atom. The van der Waals surface area contributed by atoms with Gasteiger partial charge in [-0.2, -0.15) is 0 Å². The molecule has 0 unspecified atom stereocenters. The number of rotatable bonds is 4. The van der Waals surface area contributed by atoms with Crippen molar-refractivity contribution >= 4 is 60.2 Å². The van der Waals surface area contributed by atoms with Crippen LogP contribution in [0.5, 0.6) is 11.5 Å². The lowest BCUT2D eigenvalue weighted by Gasteiger charge is -2.40. The second-order valence-electron chi connectivity index (χ2n) is 16.3. The number of ether oxygens (including phenoxy) is 1. The third-order valence-corrected chi connectivity index (χ3v) is 13.3. The van der Waals surface area contributed by atoms with E-state index in [1.54, 1.807) is 0 Å². The zero-order valence-corrected chi connectivity index (χ0v) is 33.2. The highest BCUT2D eigenvalue weighted by Crippen LogP contribution is 2.65. The maximum Gasteiger partial charge on any atom is 0.140 e. The first-order valence-corrected chi connectivity index (χ1v) is 21.1. The van der Waals surface area contributed by atoms with Gasteiger partial charge in [-0.05, 0) is 79.2 Å². The SMILES string of the molecule is c1ccc2c(c1)-c1c(-c3ccc(N(c4cccc5ccccc45)c4cccc5ccccc45)cc3)cccc1C21c2ccc3ccccc3c2Oc2c1ccc1ccccc21. The van der Waals surface area contributed by atoms with Crippen LogP contribution < -0.4 is 9.64 Å². The Bertz CT molecular complexity index is 3410. The number of hydrogen-bond donors (Lipinski definition) is 0. The Labute approximate surface area is 354 Å². The van der Waals surface area contributed by atoms with Crippen LogP contribution in [0.15, 0.2) is 224 Å². The van der Waals surface area contributed by atoms with Gasteiger partial charge in [-0.3, -0.25) is 0 Å². The van der Waals surface area contributed by atoms with Crippen molar-refractivity contribution in [2.75, 3.05) is 4.90 Å². The maximum atomic E-state index is 7.19.